The predicted molar refractivity (Wildman–Crippen MR) is 66.3 cm³/mol. The molecule has 1 fully saturated rings. The van der Waals surface area contributed by atoms with Crippen LogP contribution in [-0.4, -0.2) is 21.0 Å². The Kier molecular flexibility index (Phi) is 2.48. The first-order chi connectivity index (χ1) is 8.24. The van der Waals surface area contributed by atoms with Crippen molar-refractivity contribution in [2.45, 2.75) is 31.8 Å². The Labute approximate surface area is 101 Å². The summed E-state index contributed by atoms with van der Waals surface area (Å²) in [5, 5.41) is 14.0. The number of aliphatic hydroxyl groups excluding tert-OH is 1. The average Bonchev–Trinajstić information content (AvgIpc) is 2.68. The van der Waals surface area contributed by atoms with E-state index in [0.717, 1.165) is 24.2 Å². The summed E-state index contributed by atoms with van der Waals surface area (Å²) < 4.78 is 1.93. The van der Waals surface area contributed by atoms with Gasteiger partial charge in [0.2, 0.25) is 0 Å². The first-order valence-corrected chi connectivity index (χ1v) is 6.03. The van der Waals surface area contributed by atoms with Crippen LogP contribution >= 0.6 is 0 Å². The number of hydrogen-bond acceptors (Lipinski definition) is 2. The van der Waals surface area contributed by atoms with Crippen molar-refractivity contribution in [2.24, 2.45) is 0 Å². The quantitative estimate of drug-likeness (QED) is 0.857. The maximum absolute atomic E-state index is 9.36. The molecular weight excluding hydrogens is 212 g/mol. The van der Waals surface area contributed by atoms with E-state index in [2.05, 4.69) is 18.2 Å². The fourth-order valence-corrected chi connectivity index (χ4v) is 2.40. The molecule has 2 aromatic rings. The van der Waals surface area contributed by atoms with Crippen molar-refractivity contribution in [1.82, 2.24) is 9.78 Å². The lowest BCUT2D eigenvalue weighted by molar-refractivity contribution is 0.0729. The first kappa shape index (κ1) is 10.5. The Morgan fingerprint density at radius 2 is 1.94 bits per heavy atom. The summed E-state index contributed by atoms with van der Waals surface area (Å²) in [7, 11) is 0. The van der Waals surface area contributed by atoms with Gasteiger partial charge in [0.15, 0.2) is 0 Å². The minimum absolute atomic E-state index is 0.124. The van der Waals surface area contributed by atoms with E-state index in [1.807, 2.05) is 35.0 Å². The number of aromatic nitrogens is 2. The molecule has 1 aromatic heterocycles. The van der Waals surface area contributed by atoms with E-state index in [9.17, 15) is 5.11 Å². The van der Waals surface area contributed by atoms with E-state index in [1.165, 1.54) is 5.56 Å². The van der Waals surface area contributed by atoms with Gasteiger partial charge >= 0.3 is 0 Å². The van der Waals surface area contributed by atoms with Crippen LogP contribution in [0.2, 0.25) is 0 Å². The molecule has 1 aliphatic carbocycles. The van der Waals surface area contributed by atoms with E-state index >= 15 is 0 Å². The highest BCUT2D eigenvalue weighted by Crippen LogP contribution is 2.37. The van der Waals surface area contributed by atoms with Crippen LogP contribution in [0.15, 0.2) is 36.5 Å². The summed E-state index contributed by atoms with van der Waals surface area (Å²) in [6.07, 6.45) is 3.65. The lowest BCUT2D eigenvalue weighted by Gasteiger charge is -2.30. The molecule has 1 saturated carbocycles. The number of rotatable bonds is 2. The van der Waals surface area contributed by atoms with Crippen LogP contribution in [0.5, 0.6) is 0 Å². The molecule has 3 nitrogen and oxygen atoms in total. The minimum Gasteiger partial charge on any atom is -0.393 e. The lowest BCUT2D eigenvalue weighted by atomic mass is 9.79. The number of benzene rings is 1. The van der Waals surface area contributed by atoms with Gasteiger partial charge in [0.05, 0.1) is 17.5 Å². The summed E-state index contributed by atoms with van der Waals surface area (Å²) in [5.41, 5.74) is 3.44. The van der Waals surface area contributed by atoms with Gasteiger partial charge in [-0.1, -0.05) is 18.2 Å². The molecule has 17 heavy (non-hydrogen) atoms. The Morgan fingerprint density at radius 1 is 1.24 bits per heavy atom. The second-order valence-corrected chi connectivity index (χ2v) is 4.80. The van der Waals surface area contributed by atoms with Gasteiger partial charge in [-0.15, -0.1) is 0 Å². The third-order valence-corrected chi connectivity index (χ3v) is 3.46. The standard InChI is InChI=1S/C14H16N2O/c1-10-9-16(12-5-3-2-4-6-12)15-14(10)11-7-13(17)8-11/h2-6,9,11,13,17H,7-8H2,1H3/t11-,13-. The number of aliphatic hydroxyl groups is 1. The molecule has 0 unspecified atom stereocenters. The Hall–Kier alpha value is -1.61. The summed E-state index contributed by atoms with van der Waals surface area (Å²) in [6, 6.07) is 10.1. The molecule has 3 heteroatoms. The second-order valence-electron chi connectivity index (χ2n) is 4.80. The van der Waals surface area contributed by atoms with Crippen molar-refractivity contribution in [3.05, 3.63) is 47.8 Å². The topological polar surface area (TPSA) is 38.0 Å². The van der Waals surface area contributed by atoms with Crippen molar-refractivity contribution in [1.29, 1.82) is 0 Å². The van der Waals surface area contributed by atoms with Gasteiger partial charge in [-0.2, -0.15) is 5.10 Å². The molecule has 1 heterocycles. The van der Waals surface area contributed by atoms with Gasteiger partial charge in [0.25, 0.3) is 0 Å². The van der Waals surface area contributed by atoms with Crippen LogP contribution in [0, 0.1) is 6.92 Å². The molecule has 1 N–H and O–H groups in total. The van der Waals surface area contributed by atoms with Crippen molar-refractivity contribution < 1.29 is 5.11 Å². The van der Waals surface area contributed by atoms with E-state index in [-0.39, 0.29) is 6.10 Å². The molecule has 88 valence electrons. The summed E-state index contributed by atoms with van der Waals surface area (Å²) in [4.78, 5) is 0. The zero-order valence-electron chi connectivity index (χ0n) is 9.87. The second kappa shape index (κ2) is 4.00. The van der Waals surface area contributed by atoms with E-state index < -0.39 is 0 Å². The number of para-hydroxylation sites is 1. The zero-order valence-corrected chi connectivity index (χ0v) is 9.87. The SMILES string of the molecule is Cc1cn(-c2ccccc2)nc1[C@H]1C[C@H](O)C1. The monoisotopic (exact) mass is 228 g/mol. The van der Waals surface area contributed by atoms with Gasteiger partial charge in [-0.25, -0.2) is 4.68 Å². The van der Waals surface area contributed by atoms with Crippen LogP contribution in [0.1, 0.15) is 30.0 Å². The lowest BCUT2D eigenvalue weighted by Crippen LogP contribution is -2.27. The van der Waals surface area contributed by atoms with Crippen molar-refractivity contribution in [3.8, 4) is 5.69 Å². The number of aryl methyl sites for hydroxylation is 1. The molecule has 1 aliphatic rings. The third kappa shape index (κ3) is 1.87. The van der Waals surface area contributed by atoms with Gasteiger partial charge in [-0.3, -0.25) is 0 Å². The molecule has 3 rings (SSSR count). The largest absolute Gasteiger partial charge is 0.393 e. The normalized spacial score (nSPS) is 23.4. The van der Waals surface area contributed by atoms with Gasteiger partial charge in [0.1, 0.15) is 0 Å². The molecule has 0 radical (unpaired) electrons. The van der Waals surface area contributed by atoms with E-state index in [1.54, 1.807) is 0 Å². The van der Waals surface area contributed by atoms with Crippen LogP contribution in [-0.2, 0) is 0 Å². The highest BCUT2D eigenvalue weighted by Gasteiger charge is 2.31. The Morgan fingerprint density at radius 3 is 2.59 bits per heavy atom. The van der Waals surface area contributed by atoms with Gasteiger partial charge < -0.3 is 5.11 Å². The number of nitrogens with zero attached hydrogens (tertiary/aromatic N) is 2. The van der Waals surface area contributed by atoms with Crippen LogP contribution in [0.3, 0.4) is 0 Å². The van der Waals surface area contributed by atoms with E-state index in [0.29, 0.717) is 5.92 Å². The zero-order chi connectivity index (χ0) is 11.8. The minimum atomic E-state index is -0.124. The summed E-state index contributed by atoms with van der Waals surface area (Å²) in [5.74, 6) is 0.440. The fourth-order valence-electron chi connectivity index (χ4n) is 2.40. The van der Waals surface area contributed by atoms with Crippen LogP contribution in [0.4, 0.5) is 0 Å². The highest BCUT2D eigenvalue weighted by atomic mass is 16.3. The van der Waals surface area contributed by atoms with Crippen molar-refractivity contribution in [3.63, 3.8) is 0 Å². The Bertz CT molecular complexity index is 512. The molecule has 0 spiro atoms. The molecule has 0 saturated heterocycles. The maximum atomic E-state index is 9.36. The summed E-state index contributed by atoms with van der Waals surface area (Å²) >= 11 is 0. The van der Waals surface area contributed by atoms with Gasteiger partial charge in [-0.05, 0) is 37.5 Å². The van der Waals surface area contributed by atoms with Crippen LogP contribution in [0.25, 0.3) is 5.69 Å². The molecule has 0 amide bonds. The fraction of sp³-hybridized carbons (Fsp3) is 0.357. The number of hydrogen-bond donors (Lipinski definition) is 1. The first-order valence-electron chi connectivity index (χ1n) is 6.03. The average molecular weight is 228 g/mol. The third-order valence-electron chi connectivity index (χ3n) is 3.46. The van der Waals surface area contributed by atoms with Crippen molar-refractivity contribution >= 4 is 0 Å². The molecule has 1 aromatic carbocycles. The predicted octanol–water partition coefficient (Wildman–Crippen LogP) is 2.42. The smallest absolute Gasteiger partial charge is 0.0690 e. The van der Waals surface area contributed by atoms with Crippen molar-refractivity contribution in [2.75, 3.05) is 0 Å². The molecule has 0 bridgehead atoms. The molecular formula is C14H16N2O. The van der Waals surface area contributed by atoms with Gasteiger partial charge in [0, 0.05) is 12.1 Å². The summed E-state index contributed by atoms with van der Waals surface area (Å²) in [6.45, 7) is 2.09. The molecule has 0 aliphatic heterocycles. The Balaban J connectivity index is 1.91. The van der Waals surface area contributed by atoms with E-state index in [4.69, 9.17) is 0 Å². The highest BCUT2D eigenvalue weighted by molar-refractivity contribution is 5.33. The molecule has 0 atom stereocenters. The van der Waals surface area contributed by atoms with Crippen LogP contribution < -0.4 is 0 Å². The maximum Gasteiger partial charge on any atom is 0.0690 e.